The van der Waals surface area contributed by atoms with E-state index in [0.717, 1.165) is 36.4 Å². The van der Waals surface area contributed by atoms with Crippen molar-refractivity contribution in [3.05, 3.63) is 47.3 Å². The van der Waals surface area contributed by atoms with Crippen LogP contribution >= 0.6 is 0 Å². The molecule has 8 nitrogen and oxygen atoms in total. The van der Waals surface area contributed by atoms with Crippen LogP contribution in [0.5, 0.6) is 5.75 Å². The van der Waals surface area contributed by atoms with Gasteiger partial charge in [0.1, 0.15) is 18.9 Å². The van der Waals surface area contributed by atoms with Gasteiger partial charge in [0.15, 0.2) is 5.60 Å². The second-order valence-corrected chi connectivity index (χ2v) is 9.29. The normalized spacial score (nSPS) is 22.0. The van der Waals surface area contributed by atoms with Crippen molar-refractivity contribution >= 4 is 11.8 Å². The Balaban J connectivity index is 1.52. The number of aromatic nitrogens is 2. The summed E-state index contributed by atoms with van der Waals surface area (Å²) in [4.78, 5) is 30.6. The second-order valence-electron chi connectivity index (χ2n) is 9.29. The van der Waals surface area contributed by atoms with Crippen molar-refractivity contribution in [2.75, 3.05) is 39.4 Å². The molecule has 2 aliphatic rings. The highest BCUT2D eigenvalue weighted by Gasteiger charge is 2.46. The van der Waals surface area contributed by atoms with Gasteiger partial charge in [-0.3, -0.25) is 14.3 Å². The lowest BCUT2D eigenvalue weighted by atomic mass is 9.91. The van der Waals surface area contributed by atoms with E-state index >= 15 is 0 Å². The standard InChI is InChI=1S/C26H36N4O4/c1-4-28-13-15-33-23-11-6-5-9-22(23)10-7-8-12-26(25(28)32)19-29(14-16-34-26)24(31)18-30-21(3)17-20(2)27-30/h5-6,9,11,17H,4,7-8,10,12-16,18-19H2,1-3H3. The van der Waals surface area contributed by atoms with Gasteiger partial charge >= 0.3 is 0 Å². The predicted octanol–water partition coefficient (Wildman–Crippen LogP) is 2.75. The van der Waals surface area contributed by atoms with Crippen LogP contribution in [0.1, 0.15) is 43.1 Å². The molecule has 1 unspecified atom stereocenters. The molecule has 2 aliphatic heterocycles. The molecule has 1 saturated heterocycles. The van der Waals surface area contributed by atoms with Crippen LogP contribution in [0.3, 0.4) is 0 Å². The first kappa shape index (κ1) is 24.3. The number of carbonyl (C=O) groups is 2. The molecule has 1 spiro atoms. The smallest absolute Gasteiger partial charge is 0.256 e. The van der Waals surface area contributed by atoms with E-state index in [1.807, 2.05) is 45.0 Å². The van der Waals surface area contributed by atoms with E-state index in [4.69, 9.17) is 9.47 Å². The molecule has 1 aromatic carbocycles. The molecular formula is C26H36N4O4. The van der Waals surface area contributed by atoms with Crippen LogP contribution in [0.2, 0.25) is 0 Å². The van der Waals surface area contributed by atoms with Gasteiger partial charge in [-0.15, -0.1) is 0 Å². The third-order valence-corrected chi connectivity index (χ3v) is 6.85. The molecule has 8 heteroatoms. The molecule has 2 amide bonds. The quantitative estimate of drug-likeness (QED) is 0.692. The fourth-order valence-electron chi connectivity index (χ4n) is 4.98. The van der Waals surface area contributed by atoms with Crippen molar-refractivity contribution in [2.24, 2.45) is 0 Å². The monoisotopic (exact) mass is 468 g/mol. The number of amides is 2. The van der Waals surface area contributed by atoms with Gasteiger partial charge in [-0.25, -0.2) is 0 Å². The Kier molecular flexibility index (Phi) is 7.56. The molecule has 4 rings (SSSR count). The van der Waals surface area contributed by atoms with Gasteiger partial charge < -0.3 is 19.3 Å². The average molecular weight is 469 g/mol. The Morgan fingerprint density at radius 2 is 1.97 bits per heavy atom. The summed E-state index contributed by atoms with van der Waals surface area (Å²) in [6.07, 6.45) is 3.23. The first-order valence-electron chi connectivity index (χ1n) is 12.3. The van der Waals surface area contributed by atoms with Crippen molar-refractivity contribution in [1.29, 1.82) is 0 Å². The van der Waals surface area contributed by atoms with Gasteiger partial charge in [0.25, 0.3) is 5.91 Å². The number of rotatable bonds is 3. The summed E-state index contributed by atoms with van der Waals surface area (Å²) in [5, 5.41) is 4.43. The maximum atomic E-state index is 13.8. The summed E-state index contributed by atoms with van der Waals surface area (Å²) in [6, 6.07) is 10.1. The SMILES string of the molecule is CCN1CCOc2ccccc2CCCCC2(CN(C(=O)Cn3nc(C)cc3C)CCO2)C1=O. The lowest BCUT2D eigenvalue weighted by Gasteiger charge is -2.44. The highest BCUT2D eigenvalue weighted by Crippen LogP contribution is 2.29. The van der Waals surface area contributed by atoms with E-state index in [-0.39, 0.29) is 24.9 Å². The molecule has 1 aromatic heterocycles. The van der Waals surface area contributed by atoms with Crippen LogP contribution in [-0.2, 0) is 27.3 Å². The number of para-hydroxylation sites is 1. The van der Waals surface area contributed by atoms with Crippen molar-refractivity contribution < 1.29 is 19.1 Å². The largest absolute Gasteiger partial charge is 0.491 e. The maximum Gasteiger partial charge on any atom is 0.256 e. The van der Waals surface area contributed by atoms with Gasteiger partial charge in [0, 0.05) is 18.8 Å². The van der Waals surface area contributed by atoms with Crippen LogP contribution in [0.15, 0.2) is 30.3 Å². The number of hydrogen-bond donors (Lipinski definition) is 0. The molecule has 3 heterocycles. The Morgan fingerprint density at radius 3 is 2.74 bits per heavy atom. The van der Waals surface area contributed by atoms with Crippen LogP contribution in [0.4, 0.5) is 0 Å². The predicted molar refractivity (Wildman–Crippen MR) is 129 cm³/mol. The summed E-state index contributed by atoms with van der Waals surface area (Å²) >= 11 is 0. The number of benzene rings is 1. The molecule has 0 aliphatic carbocycles. The number of carbonyl (C=O) groups excluding carboxylic acids is 2. The fraction of sp³-hybridized carbons (Fsp3) is 0.577. The maximum absolute atomic E-state index is 13.8. The number of morpholine rings is 1. The van der Waals surface area contributed by atoms with Crippen LogP contribution in [-0.4, -0.2) is 76.4 Å². The Labute approximate surface area is 201 Å². The molecule has 184 valence electrons. The van der Waals surface area contributed by atoms with E-state index in [1.54, 1.807) is 14.5 Å². The summed E-state index contributed by atoms with van der Waals surface area (Å²) in [7, 11) is 0. The number of ether oxygens (including phenoxy) is 2. The van der Waals surface area contributed by atoms with Gasteiger partial charge in [-0.05, 0) is 64.2 Å². The summed E-state index contributed by atoms with van der Waals surface area (Å²) in [5.41, 5.74) is 2.02. The van der Waals surface area contributed by atoms with Gasteiger partial charge in [-0.1, -0.05) is 18.2 Å². The van der Waals surface area contributed by atoms with E-state index in [0.29, 0.717) is 39.3 Å². The first-order valence-corrected chi connectivity index (χ1v) is 12.3. The van der Waals surface area contributed by atoms with Gasteiger partial charge in [0.05, 0.1) is 25.4 Å². The van der Waals surface area contributed by atoms with E-state index < -0.39 is 5.60 Å². The minimum Gasteiger partial charge on any atom is -0.491 e. The Bertz CT molecular complexity index is 1020. The zero-order valence-corrected chi connectivity index (χ0v) is 20.6. The van der Waals surface area contributed by atoms with E-state index in [9.17, 15) is 9.59 Å². The van der Waals surface area contributed by atoms with Gasteiger partial charge in [-0.2, -0.15) is 5.10 Å². The highest BCUT2D eigenvalue weighted by atomic mass is 16.5. The number of likely N-dealkylation sites (N-methyl/N-ethyl adjacent to an activating group) is 1. The molecule has 0 radical (unpaired) electrons. The number of fused-ring (bicyclic) bond motifs is 1. The van der Waals surface area contributed by atoms with Crippen molar-refractivity contribution in [3.63, 3.8) is 0 Å². The number of hydrogen-bond acceptors (Lipinski definition) is 5. The average Bonchev–Trinajstić information content (AvgIpc) is 3.15. The molecule has 34 heavy (non-hydrogen) atoms. The molecule has 0 bridgehead atoms. The Morgan fingerprint density at radius 1 is 1.15 bits per heavy atom. The minimum absolute atomic E-state index is 0.0342. The van der Waals surface area contributed by atoms with Crippen molar-refractivity contribution in [2.45, 2.75) is 58.6 Å². The van der Waals surface area contributed by atoms with Crippen LogP contribution < -0.4 is 4.74 Å². The number of nitrogens with zero attached hydrogens (tertiary/aromatic N) is 4. The van der Waals surface area contributed by atoms with Crippen LogP contribution in [0.25, 0.3) is 0 Å². The van der Waals surface area contributed by atoms with Crippen LogP contribution in [0, 0.1) is 13.8 Å². The number of aryl methyl sites for hydroxylation is 3. The minimum atomic E-state index is -1.02. The molecule has 0 N–H and O–H groups in total. The fourth-order valence-corrected chi connectivity index (χ4v) is 4.98. The first-order chi connectivity index (χ1) is 16.4. The topological polar surface area (TPSA) is 76.9 Å². The molecule has 1 atom stereocenters. The summed E-state index contributed by atoms with van der Waals surface area (Å²) in [6.45, 7) is 8.59. The third-order valence-electron chi connectivity index (χ3n) is 6.85. The van der Waals surface area contributed by atoms with Crippen molar-refractivity contribution in [1.82, 2.24) is 19.6 Å². The third kappa shape index (κ3) is 5.27. The lowest BCUT2D eigenvalue weighted by Crippen LogP contribution is -2.62. The molecule has 0 saturated carbocycles. The Hall–Kier alpha value is -2.87. The molecule has 2 aromatic rings. The lowest BCUT2D eigenvalue weighted by molar-refractivity contribution is -0.176. The highest BCUT2D eigenvalue weighted by molar-refractivity contribution is 5.87. The molecule has 1 fully saturated rings. The zero-order chi connectivity index (χ0) is 24.1. The van der Waals surface area contributed by atoms with Gasteiger partial charge in [0.2, 0.25) is 5.91 Å². The van der Waals surface area contributed by atoms with Crippen molar-refractivity contribution in [3.8, 4) is 5.75 Å². The summed E-state index contributed by atoms with van der Waals surface area (Å²) < 4.78 is 14.0. The van der Waals surface area contributed by atoms with E-state index in [1.165, 1.54) is 5.56 Å². The van der Waals surface area contributed by atoms with E-state index in [2.05, 4.69) is 11.2 Å². The second kappa shape index (κ2) is 10.6. The molecular weight excluding hydrogens is 432 g/mol. The zero-order valence-electron chi connectivity index (χ0n) is 20.6. The summed E-state index contributed by atoms with van der Waals surface area (Å²) in [5.74, 6) is 0.820.